The Hall–Kier alpha value is -0.120. The summed E-state index contributed by atoms with van der Waals surface area (Å²) in [4.78, 5) is 5.27. The molecule has 2 rings (SSSR count). The van der Waals surface area contributed by atoms with E-state index in [1.807, 2.05) is 0 Å². The zero-order valence-electron chi connectivity index (χ0n) is 13.9. The Balaban J connectivity index is 1.61. The molecule has 2 aliphatic rings. The lowest BCUT2D eigenvalue weighted by Crippen LogP contribution is -2.50. The molecular formula is C17H35N3. The van der Waals surface area contributed by atoms with Gasteiger partial charge in [0.15, 0.2) is 0 Å². The van der Waals surface area contributed by atoms with Crippen molar-refractivity contribution in [3.05, 3.63) is 0 Å². The molecular weight excluding hydrogens is 246 g/mol. The van der Waals surface area contributed by atoms with Crippen LogP contribution >= 0.6 is 0 Å². The van der Waals surface area contributed by atoms with Crippen molar-refractivity contribution in [3.8, 4) is 0 Å². The third kappa shape index (κ3) is 5.34. The number of nitrogens with zero attached hydrogens (tertiary/aromatic N) is 2. The molecule has 0 amide bonds. The zero-order valence-corrected chi connectivity index (χ0v) is 13.9. The van der Waals surface area contributed by atoms with Crippen LogP contribution in [0.25, 0.3) is 0 Å². The molecule has 0 unspecified atom stereocenters. The van der Waals surface area contributed by atoms with Gasteiger partial charge in [-0.1, -0.05) is 20.8 Å². The first-order valence-corrected chi connectivity index (χ1v) is 8.88. The lowest BCUT2D eigenvalue weighted by molar-refractivity contribution is 0.152. The van der Waals surface area contributed by atoms with E-state index in [1.54, 1.807) is 0 Å². The third-order valence-electron chi connectivity index (χ3n) is 4.81. The largest absolute Gasteiger partial charge is 0.311 e. The second kappa shape index (κ2) is 8.35. The summed E-state index contributed by atoms with van der Waals surface area (Å²) in [5.41, 5.74) is 0. The monoisotopic (exact) mass is 281 g/mol. The molecule has 0 radical (unpaired) electrons. The normalized spacial score (nSPS) is 24.6. The molecule has 1 N–H and O–H groups in total. The second-order valence-corrected chi connectivity index (χ2v) is 7.25. The van der Waals surface area contributed by atoms with Gasteiger partial charge in [0.1, 0.15) is 0 Å². The molecule has 0 bridgehead atoms. The standard InChI is InChI=1S/C17H35N3/c1-4-9-19-10-5-16(6-11-19)18-17-7-12-20(13-8-17)14-15(2)3/h15-18H,4-14H2,1-3H3. The van der Waals surface area contributed by atoms with Crippen LogP contribution in [0, 0.1) is 5.92 Å². The number of hydrogen-bond donors (Lipinski definition) is 1. The van der Waals surface area contributed by atoms with Crippen LogP contribution in [0.3, 0.4) is 0 Å². The van der Waals surface area contributed by atoms with Crippen molar-refractivity contribution in [2.45, 2.75) is 65.0 Å². The van der Waals surface area contributed by atoms with Gasteiger partial charge in [0, 0.05) is 18.6 Å². The lowest BCUT2D eigenvalue weighted by atomic mass is 9.99. The molecule has 2 aliphatic heterocycles. The van der Waals surface area contributed by atoms with Gasteiger partial charge >= 0.3 is 0 Å². The molecule has 0 aromatic carbocycles. The van der Waals surface area contributed by atoms with Crippen LogP contribution in [-0.2, 0) is 0 Å². The highest BCUT2D eigenvalue weighted by molar-refractivity contribution is 4.84. The predicted octanol–water partition coefficient (Wildman–Crippen LogP) is 2.57. The van der Waals surface area contributed by atoms with Crippen LogP contribution in [0.4, 0.5) is 0 Å². The molecule has 118 valence electrons. The highest BCUT2D eigenvalue weighted by atomic mass is 15.2. The van der Waals surface area contributed by atoms with Crippen molar-refractivity contribution in [1.29, 1.82) is 0 Å². The van der Waals surface area contributed by atoms with Gasteiger partial charge in [-0.3, -0.25) is 0 Å². The van der Waals surface area contributed by atoms with E-state index in [4.69, 9.17) is 0 Å². The Bertz CT molecular complexity index is 251. The van der Waals surface area contributed by atoms with E-state index in [2.05, 4.69) is 35.9 Å². The van der Waals surface area contributed by atoms with E-state index in [0.717, 1.165) is 18.0 Å². The van der Waals surface area contributed by atoms with Gasteiger partial charge in [-0.15, -0.1) is 0 Å². The smallest absolute Gasteiger partial charge is 0.00940 e. The number of rotatable bonds is 6. The maximum Gasteiger partial charge on any atom is 0.00940 e. The Labute approximate surface area is 126 Å². The van der Waals surface area contributed by atoms with E-state index in [1.165, 1.54) is 71.4 Å². The number of piperidine rings is 2. The average Bonchev–Trinajstić information content (AvgIpc) is 2.43. The minimum absolute atomic E-state index is 0.779. The van der Waals surface area contributed by atoms with Crippen molar-refractivity contribution in [2.24, 2.45) is 5.92 Å². The summed E-state index contributed by atoms with van der Waals surface area (Å²) in [5.74, 6) is 0.808. The molecule has 0 spiro atoms. The quantitative estimate of drug-likeness (QED) is 0.807. The predicted molar refractivity (Wildman–Crippen MR) is 87.2 cm³/mol. The summed E-state index contributed by atoms with van der Waals surface area (Å²) in [6, 6.07) is 1.56. The molecule has 0 atom stereocenters. The average molecular weight is 281 g/mol. The highest BCUT2D eigenvalue weighted by Crippen LogP contribution is 2.16. The molecule has 2 saturated heterocycles. The fraction of sp³-hybridized carbons (Fsp3) is 1.00. The van der Waals surface area contributed by atoms with Crippen molar-refractivity contribution in [2.75, 3.05) is 39.3 Å². The number of nitrogens with one attached hydrogen (secondary N) is 1. The Kier molecular flexibility index (Phi) is 6.79. The van der Waals surface area contributed by atoms with Crippen molar-refractivity contribution in [3.63, 3.8) is 0 Å². The minimum Gasteiger partial charge on any atom is -0.311 e. The lowest BCUT2D eigenvalue weighted by Gasteiger charge is -2.38. The van der Waals surface area contributed by atoms with Gasteiger partial charge < -0.3 is 15.1 Å². The highest BCUT2D eigenvalue weighted by Gasteiger charge is 2.24. The number of likely N-dealkylation sites (tertiary alicyclic amines) is 2. The van der Waals surface area contributed by atoms with Crippen LogP contribution in [0.5, 0.6) is 0 Å². The summed E-state index contributed by atoms with van der Waals surface area (Å²) in [6.07, 6.45) is 6.70. The van der Waals surface area contributed by atoms with Crippen molar-refractivity contribution in [1.82, 2.24) is 15.1 Å². The summed E-state index contributed by atoms with van der Waals surface area (Å²) in [6.45, 7) is 14.7. The van der Waals surface area contributed by atoms with Crippen LogP contribution in [0.15, 0.2) is 0 Å². The van der Waals surface area contributed by atoms with Gasteiger partial charge in [-0.25, -0.2) is 0 Å². The van der Waals surface area contributed by atoms with E-state index in [0.29, 0.717) is 0 Å². The van der Waals surface area contributed by atoms with E-state index in [-0.39, 0.29) is 0 Å². The minimum atomic E-state index is 0.779. The van der Waals surface area contributed by atoms with Gasteiger partial charge in [-0.05, 0) is 70.7 Å². The van der Waals surface area contributed by atoms with Gasteiger partial charge in [0.05, 0.1) is 0 Å². The Morgan fingerprint density at radius 2 is 1.40 bits per heavy atom. The van der Waals surface area contributed by atoms with E-state index in [9.17, 15) is 0 Å². The molecule has 3 nitrogen and oxygen atoms in total. The van der Waals surface area contributed by atoms with Gasteiger partial charge in [0.25, 0.3) is 0 Å². The van der Waals surface area contributed by atoms with Crippen molar-refractivity contribution >= 4 is 0 Å². The SMILES string of the molecule is CCCN1CCC(NC2CCN(CC(C)C)CC2)CC1. The maximum absolute atomic E-state index is 3.94. The Morgan fingerprint density at radius 3 is 1.85 bits per heavy atom. The molecule has 0 aliphatic carbocycles. The summed E-state index contributed by atoms with van der Waals surface area (Å²) in [5, 5.41) is 3.94. The fourth-order valence-corrected chi connectivity index (χ4v) is 3.77. The van der Waals surface area contributed by atoms with Crippen LogP contribution in [0.2, 0.25) is 0 Å². The van der Waals surface area contributed by atoms with E-state index < -0.39 is 0 Å². The maximum atomic E-state index is 3.94. The van der Waals surface area contributed by atoms with Crippen LogP contribution in [-0.4, -0.2) is 61.2 Å². The first-order chi connectivity index (χ1) is 9.67. The molecule has 0 saturated carbocycles. The second-order valence-electron chi connectivity index (χ2n) is 7.25. The van der Waals surface area contributed by atoms with Gasteiger partial charge in [-0.2, -0.15) is 0 Å². The molecule has 0 aromatic rings. The zero-order chi connectivity index (χ0) is 14.4. The van der Waals surface area contributed by atoms with E-state index >= 15 is 0 Å². The molecule has 3 heteroatoms. The first-order valence-electron chi connectivity index (χ1n) is 8.88. The Morgan fingerprint density at radius 1 is 0.900 bits per heavy atom. The fourth-order valence-electron chi connectivity index (χ4n) is 3.77. The summed E-state index contributed by atoms with van der Waals surface area (Å²) >= 11 is 0. The third-order valence-corrected chi connectivity index (χ3v) is 4.81. The summed E-state index contributed by atoms with van der Waals surface area (Å²) < 4.78 is 0. The molecule has 2 fully saturated rings. The van der Waals surface area contributed by atoms with Crippen LogP contribution < -0.4 is 5.32 Å². The van der Waals surface area contributed by atoms with Gasteiger partial charge in [0.2, 0.25) is 0 Å². The van der Waals surface area contributed by atoms with Crippen molar-refractivity contribution < 1.29 is 0 Å². The number of hydrogen-bond acceptors (Lipinski definition) is 3. The van der Waals surface area contributed by atoms with Crippen LogP contribution in [0.1, 0.15) is 52.9 Å². The first kappa shape index (κ1) is 16.3. The topological polar surface area (TPSA) is 18.5 Å². The molecule has 0 aromatic heterocycles. The summed E-state index contributed by atoms with van der Waals surface area (Å²) in [7, 11) is 0. The molecule has 20 heavy (non-hydrogen) atoms. The molecule has 2 heterocycles.